The van der Waals surface area contributed by atoms with E-state index < -0.39 is 0 Å². The Labute approximate surface area is 93.4 Å². The Morgan fingerprint density at radius 3 is 2.69 bits per heavy atom. The first-order valence-electron chi connectivity index (χ1n) is 4.44. The summed E-state index contributed by atoms with van der Waals surface area (Å²) in [6.45, 7) is 4.27. The normalized spacial score (nSPS) is 12.9. The lowest BCUT2D eigenvalue weighted by atomic mass is 10.0. The van der Waals surface area contributed by atoms with Crippen molar-refractivity contribution in [2.75, 3.05) is 5.33 Å². The molecule has 1 aromatic carbocycles. The van der Waals surface area contributed by atoms with Crippen LogP contribution >= 0.6 is 27.5 Å². The van der Waals surface area contributed by atoms with Crippen molar-refractivity contribution in [2.45, 2.75) is 20.3 Å². The Morgan fingerprint density at radius 1 is 1.46 bits per heavy atom. The molecule has 0 saturated carbocycles. The lowest BCUT2D eigenvalue weighted by Crippen LogP contribution is -2.01. The highest BCUT2D eigenvalue weighted by Gasteiger charge is 2.05. The van der Waals surface area contributed by atoms with E-state index in [1.54, 1.807) is 0 Å². The quantitative estimate of drug-likeness (QED) is 0.715. The van der Waals surface area contributed by atoms with Gasteiger partial charge < -0.3 is 0 Å². The van der Waals surface area contributed by atoms with Crippen molar-refractivity contribution in [1.29, 1.82) is 0 Å². The third-order valence-electron chi connectivity index (χ3n) is 2.04. The van der Waals surface area contributed by atoms with Gasteiger partial charge in [0.05, 0.1) is 0 Å². The minimum absolute atomic E-state index is 0.639. The van der Waals surface area contributed by atoms with Crippen molar-refractivity contribution in [3.05, 3.63) is 34.3 Å². The Balaban J connectivity index is 2.77. The number of hydrogen-bond acceptors (Lipinski definition) is 0. The van der Waals surface area contributed by atoms with Crippen molar-refractivity contribution >= 4 is 27.5 Å². The Morgan fingerprint density at radius 2 is 2.15 bits per heavy atom. The summed E-state index contributed by atoms with van der Waals surface area (Å²) in [6, 6.07) is 6.26. The predicted molar refractivity (Wildman–Crippen MR) is 62.9 cm³/mol. The SMILES string of the molecule is Cc1ccc(CC(C)CBr)c(Cl)c1. The number of rotatable bonds is 3. The minimum Gasteiger partial charge on any atom is -0.0925 e. The number of aryl methyl sites for hydroxylation is 1. The summed E-state index contributed by atoms with van der Waals surface area (Å²) in [4.78, 5) is 0. The molecule has 0 aliphatic carbocycles. The molecule has 0 heterocycles. The van der Waals surface area contributed by atoms with Crippen molar-refractivity contribution in [3.63, 3.8) is 0 Å². The molecule has 0 N–H and O–H groups in total. The maximum absolute atomic E-state index is 6.12. The summed E-state index contributed by atoms with van der Waals surface area (Å²) in [5.41, 5.74) is 2.47. The van der Waals surface area contributed by atoms with Crippen LogP contribution in [-0.2, 0) is 6.42 Å². The van der Waals surface area contributed by atoms with Crippen molar-refractivity contribution < 1.29 is 0 Å². The van der Waals surface area contributed by atoms with E-state index >= 15 is 0 Å². The molecule has 0 nitrogen and oxygen atoms in total. The molecule has 1 unspecified atom stereocenters. The largest absolute Gasteiger partial charge is 0.0925 e. The monoisotopic (exact) mass is 260 g/mol. The Kier molecular flexibility index (Phi) is 4.27. The molecule has 13 heavy (non-hydrogen) atoms. The zero-order chi connectivity index (χ0) is 9.84. The van der Waals surface area contributed by atoms with Crippen LogP contribution in [-0.4, -0.2) is 5.33 Å². The molecule has 0 saturated heterocycles. The first-order valence-corrected chi connectivity index (χ1v) is 5.94. The van der Waals surface area contributed by atoms with Crippen LogP contribution in [0.2, 0.25) is 5.02 Å². The maximum Gasteiger partial charge on any atom is 0.0440 e. The molecule has 0 fully saturated rings. The van der Waals surface area contributed by atoms with E-state index in [1.807, 2.05) is 6.07 Å². The summed E-state index contributed by atoms with van der Waals surface area (Å²) < 4.78 is 0. The summed E-state index contributed by atoms with van der Waals surface area (Å²) >= 11 is 9.58. The molecule has 0 aliphatic rings. The van der Waals surface area contributed by atoms with Crippen LogP contribution in [0.3, 0.4) is 0 Å². The lowest BCUT2D eigenvalue weighted by Gasteiger charge is -2.09. The van der Waals surface area contributed by atoms with E-state index in [0.29, 0.717) is 5.92 Å². The fraction of sp³-hybridized carbons (Fsp3) is 0.455. The zero-order valence-electron chi connectivity index (χ0n) is 7.98. The maximum atomic E-state index is 6.12. The van der Waals surface area contributed by atoms with Gasteiger partial charge in [-0.05, 0) is 36.5 Å². The summed E-state index contributed by atoms with van der Waals surface area (Å²) in [7, 11) is 0. The van der Waals surface area contributed by atoms with Crippen LogP contribution in [0.15, 0.2) is 18.2 Å². The average Bonchev–Trinajstić information content (AvgIpc) is 2.09. The molecule has 0 spiro atoms. The first kappa shape index (κ1) is 11.1. The van der Waals surface area contributed by atoms with Gasteiger partial charge >= 0.3 is 0 Å². The third kappa shape index (κ3) is 3.32. The number of hydrogen-bond donors (Lipinski definition) is 0. The second-order valence-electron chi connectivity index (χ2n) is 3.56. The molecule has 1 atom stereocenters. The van der Waals surface area contributed by atoms with Crippen LogP contribution in [0.1, 0.15) is 18.1 Å². The molecular weight excluding hydrogens is 247 g/mol. The highest BCUT2D eigenvalue weighted by Crippen LogP contribution is 2.21. The van der Waals surface area contributed by atoms with E-state index in [4.69, 9.17) is 11.6 Å². The fourth-order valence-electron chi connectivity index (χ4n) is 1.25. The van der Waals surface area contributed by atoms with Gasteiger partial charge in [0, 0.05) is 10.4 Å². The van der Waals surface area contributed by atoms with Gasteiger partial charge in [0.1, 0.15) is 0 Å². The van der Waals surface area contributed by atoms with Gasteiger partial charge in [0.2, 0.25) is 0 Å². The van der Waals surface area contributed by atoms with Gasteiger partial charge in [-0.15, -0.1) is 0 Å². The van der Waals surface area contributed by atoms with Crippen LogP contribution in [0.5, 0.6) is 0 Å². The molecule has 0 bridgehead atoms. The molecule has 0 amide bonds. The third-order valence-corrected chi connectivity index (χ3v) is 3.50. The van der Waals surface area contributed by atoms with Gasteiger partial charge in [0.25, 0.3) is 0 Å². The van der Waals surface area contributed by atoms with Crippen LogP contribution in [0, 0.1) is 12.8 Å². The van der Waals surface area contributed by atoms with E-state index in [0.717, 1.165) is 16.8 Å². The first-order chi connectivity index (χ1) is 6.13. The highest BCUT2D eigenvalue weighted by atomic mass is 79.9. The summed E-state index contributed by atoms with van der Waals surface area (Å²) in [5.74, 6) is 0.639. The number of halogens is 2. The molecule has 0 aliphatic heterocycles. The van der Waals surface area contributed by atoms with Crippen molar-refractivity contribution in [3.8, 4) is 0 Å². The molecule has 0 aromatic heterocycles. The standard InChI is InChI=1S/C11H14BrCl/c1-8-3-4-10(11(13)6-8)5-9(2)7-12/h3-4,6,9H,5,7H2,1-2H3. The second kappa shape index (κ2) is 5.02. The molecule has 0 radical (unpaired) electrons. The fourth-order valence-corrected chi connectivity index (χ4v) is 1.79. The molecule has 1 rings (SSSR count). The Bertz CT molecular complexity index is 283. The van der Waals surface area contributed by atoms with Gasteiger partial charge in [-0.1, -0.05) is 46.6 Å². The van der Waals surface area contributed by atoms with E-state index in [1.165, 1.54) is 11.1 Å². The molecule has 72 valence electrons. The zero-order valence-corrected chi connectivity index (χ0v) is 10.3. The minimum atomic E-state index is 0.639. The molecule has 1 aromatic rings. The van der Waals surface area contributed by atoms with Crippen LogP contribution in [0.4, 0.5) is 0 Å². The topological polar surface area (TPSA) is 0 Å². The number of alkyl halides is 1. The smallest absolute Gasteiger partial charge is 0.0440 e. The molecular formula is C11H14BrCl. The second-order valence-corrected chi connectivity index (χ2v) is 4.61. The van der Waals surface area contributed by atoms with Gasteiger partial charge in [-0.2, -0.15) is 0 Å². The van der Waals surface area contributed by atoms with Crippen molar-refractivity contribution in [2.24, 2.45) is 5.92 Å². The predicted octanol–water partition coefficient (Wildman–Crippen LogP) is 4.22. The van der Waals surface area contributed by atoms with Gasteiger partial charge in [0.15, 0.2) is 0 Å². The highest BCUT2D eigenvalue weighted by molar-refractivity contribution is 9.09. The Hall–Kier alpha value is -0.0100. The average molecular weight is 262 g/mol. The van der Waals surface area contributed by atoms with E-state index in [2.05, 4.69) is 41.9 Å². The number of benzene rings is 1. The van der Waals surface area contributed by atoms with Crippen molar-refractivity contribution in [1.82, 2.24) is 0 Å². The van der Waals surface area contributed by atoms with Gasteiger partial charge in [-0.25, -0.2) is 0 Å². The van der Waals surface area contributed by atoms with Crippen LogP contribution < -0.4 is 0 Å². The van der Waals surface area contributed by atoms with Crippen LogP contribution in [0.25, 0.3) is 0 Å². The molecule has 2 heteroatoms. The van der Waals surface area contributed by atoms with E-state index in [-0.39, 0.29) is 0 Å². The van der Waals surface area contributed by atoms with Gasteiger partial charge in [-0.3, -0.25) is 0 Å². The van der Waals surface area contributed by atoms with E-state index in [9.17, 15) is 0 Å². The summed E-state index contributed by atoms with van der Waals surface area (Å²) in [6.07, 6.45) is 1.05. The lowest BCUT2D eigenvalue weighted by molar-refractivity contribution is 0.663. The summed E-state index contributed by atoms with van der Waals surface area (Å²) in [5, 5.41) is 1.92.